The van der Waals surface area contributed by atoms with Gasteiger partial charge in [-0.25, -0.2) is 4.98 Å². The SMILES string of the molecule is CC(C)n1cnnc1C1CCCN(c2cc(C(=O)NC3CC3)c3ccccc3n2)C1. The molecule has 0 spiro atoms. The van der Waals surface area contributed by atoms with Crippen LogP contribution < -0.4 is 10.2 Å². The number of hydrogen-bond donors (Lipinski definition) is 1. The number of hydrogen-bond acceptors (Lipinski definition) is 5. The highest BCUT2D eigenvalue weighted by Crippen LogP contribution is 2.31. The molecule has 7 heteroatoms. The van der Waals surface area contributed by atoms with Crippen LogP contribution in [0, 0.1) is 0 Å². The van der Waals surface area contributed by atoms with Gasteiger partial charge in [-0.3, -0.25) is 4.79 Å². The topological polar surface area (TPSA) is 75.9 Å². The van der Waals surface area contributed by atoms with E-state index in [1.165, 1.54) is 0 Å². The third-order valence-electron chi connectivity index (χ3n) is 6.13. The molecule has 2 fully saturated rings. The Kier molecular flexibility index (Phi) is 4.89. The fraction of sp³-hybridized carbons (Fsp3) is 0.478. The number of nitrogens with one attached hydrogen (secondary N) is 1. The average molecular weight is 405 g/mol. The van der Waals surface area contributed by atoms with E-state index in [1.54, 1.807) is 0 Å². The van der Waals surface area contributed by atoms with E-state index in [2.05, 4.69) is 38.8 Å². The van der Waals surface area contributed by atoms with Crippen molar-refractivity contribution in [2.45, 2.75) is 57.5 Å². The molecule has 1 saturated heterocycles. The van der Waals surface area contributed by atoms with Gasteiger partial charge in [0.25, 0.3) is 5.91 Å². The van der Waals surface area contributed by atoms with Crippen molar-refractivity contribution in [1.29, 1.82) is 0 Å². The van der Waals surface area contributed by atoms with Crippen molar-refractivity contribution in [3.8, 4) is 0 Å². The quantitative estimate of drug-likeness (QED) is 0.702. The molecule has 7 nitrogen and oxygen atoms in total. The number of amides is 1. The summed E-state index contributed by atoms with van der Waals surface area (Å²) >= 11 is 0. The van der Waals surface area contributed by atoms with Crippen molar-refractivity contribution in [2.75, 3.05) is 18.0 Å². The van der Waals surface area contributed by atoms with E-state index in [9.17, 15) is 4.79 Å². The Morgan fingerprint density at radius 2 is 2.03 bits per heavy atom. The molecule has 1 saturated carbocycles. The van der Waals surface area contributed by atoms with Crippen molar-refractivity contribution in [3.63, 3.8) is 0 Å². The Labute approximate surface area is 176 Å². The van der Waals surface area contributed by atoms with Crippen molar-refractivity contribution < 1.29 is 4.79 Å². The summed E-state index contributed by atoms with van der Waals surface area (Å²) in [5.74, 6) is 2.23. The van der Waals surface area contributed by atoms with Crippen LogP contribution in [0.25, 0.3) is 10.9 Å². The lowest BCUT2D eigenvalue weighted by Gasteiger charge is -2.34. The highest BCUT2D eigenvalue weighted by atomic mass is 16.1. The molecular weight excluding hydrogens is 376 g/mol. The summed E-state index contributed by atoms with van der Waals surface area (Å²) in [6.45, 7) is 6.08. The maximum absolute atomic E-state index is 12.9. The normalized spacial score (nSPS) is 19.4. The molecule has 2 aromatic heterocycles. The maximum Gasteiger partial charge on any atom is 0.252 e. The summed E-state index contributed by atoms with van der Waals surface area (Å²) in [5.41, 5.74) is 1.58. The largest absolute Gasteiger partial charge is 0.356 e. The first kappa shape index (κ1) is 19.0. The molecule has 1 unspecified atom stereocenters. The molecule has 30 heavy (non-hydrogen) atoms. The number of pyridine rings is 1. The number of aromatic nitrogens is 4. The van der Waals surface area contributed by atoms with Crippen LogP contribution in [0.15, 0.2) is 36.7 Å². The van der Waals surface area contributed by atoms with Gasteiger partial charge in [0, 0.05) is 36.5 Å². The number of piperidine rings is 1. The third-order valence-corrected chi connectivity index (χ3v) is 6.13. The number of rotatable bonds is 5. The van der Waals surface area contributed by atoms with Crippen molar-refractivity contribution >= 4 is 22.6 Å². The molecule has 0 bridgehead atoms. The van der Waals surface area contributed by atoms with Crippen molar-refractivity contribution in [2.24, 2.45) is 0 Å². The second kappa shape index (κ2) is 7.70. The summed E-state index contributed by atoms with van der Waals surface area (Å²) in [6.07, 6.45) is 6.13. The van der Waals surface area contributed by atoms with E-state index in [4.69, 9.17) is 4.98 Å². The molecule has 1 atom stereocenters. The number of carbonyl (C=O) groups excluding carboxylic acids is 1. The highest BCUT2D eigenvalue weighted by molar-refractivity contribution is 6.07. The first-order valence-corrected chi connectivity index (χ1v) is 10.9. The van der Waals surface area contributed by atoms with Gasteiger partial charge in [-0.05, 0) is 51.7 Å². The summed E-state index contributed by atoms with van der Waals surface area (Å²) in [7, 11) is 0. The Hall–Kier alpha value is -2.96. The molecule has 156 valence electrons. The van der Waals surface area contributed by atoms with E-state index in [0.29, 0.717) is 18.0 Å². The van der Waals surface area contributed by atoms with Gasteiger partial charge in [0.2, 0.25) is 0 Å². The van der Waals surface area contributed by atoms with Crippen LogP contribution >= 0.6 is 0 Å². The number of para-hydroxylation sites is 1. The van der Waals surface area contributed by atoms with E-state index < -0.39 is 0 Å². The van der Waals surface area contributed by atoms with Gasteiger partial charge in [0.05, 0.1) is 11.1 Å². The van der Waals surface area contributed by atoms with Crippen molar-refractivity contribution in [3.05, 3.63) is 48.0 Å². The Morgan fingerprint density at radius 1 is 1.20 bits per heavy atom. The van der Waals surface area contributed by atoms with Crippen LogP contribution in [0.3, 0.4) is 0 Å². The van der Waals surface area contributed by atoms with Crippen LogP contribution in [0.1, 0.15) is 67.7 Å². The minimum atomic E-state index is 0.00506. The van der Waals surface area contributed by atoms with Gasteiger partial charge in [0.1, 0.15) is 18.0 Å². The lowest BCUT2D eigenvalue weighted by atomic mass is 9.96. The van der Waals surface area contributed by atoms with Crippen LogP contribution in [0.4, 0.5) is 5.82 Å². The molecule has 1 aliphatic carbocycles. The number of benzene rings is 1. The lowest BCUT2D eigenvalue weighted by molar-refractivity contribution is 0.0952. The van der Waals surface area contributed by atoms with E-state index >= 15 is 0 Å². The molecular formula is C23H28N6O. The fourth-order valence-electron chi connectivity index (χ4n) is 4.34. The van der Waals surface area contributed by atoms with Gasteiger partial charge >= 0.3 is 0 Å². The smallest absolute Gasteiger partial charge is 0.252 e. The second-order valence-electron chi connectivity index (χ2n) is 8.77. The molecule has 3 aromatic rings. The second-order valence-corrected chi connectivity index (χ2v) is 8.77. The van der Waals surface area contributed by atoms with Crippen LogP contribution in [-0.2, 0) is 0 Å². The van der Waals surface area contributed by atoms with E-state index in [1.807, 2.05) is 36.7 Å². The molecule has 3 heterocycles. The van der Waals surface area contributed by atoms with Gasteiger partial charge < -0.3 is 14.8 Å². The predicted molar refractivity (Wildman–Crippen MR) is 117 cm³/mol. The van der Waals surface area contributed by atoms with Crippen molar-refractivity contribution in [1.82, 2.24) is 25.1 Å². The average Bonchev–Trinajstić information content (AvgIpc) is 3.43. The zero-order valence-electron chi connectivity index (χ0n) is 17.6. The number of anilines is 1. The number of carbonyl (C=O) groups is 1. The molecule has 1 aliphatic heterocycles. The molecule has 1 amide bonds. The molecule has 0 radical (unpaired) electrons. The molecule has 2 aliphatic rings. The van der Waals surface area contributed by atoms with Gasteiger partial charge in [-0.15, -0.1) is 10.2 Å². The van der Waals surface area contributed by atoms with Crippen LogP contribution in [0.5, 0.6) is 0 Å². The molecule has 1 N–H and O–H groups in total. The van der Waals surface area contributed by atoms with Crippen LogP contribution in [-0.4, -0.2) is 44.8 Å². The Morgan fingerprint density at radius 3 is 2.83 bits per heavy atom. The van der Waals surface area contributed by atoms with Crippen LogP contribution in [0.2, 0.25) is 0 Å². The fourth-order valence-corrected chi connectivity index (χ4v) is 4.34. The third kappa shape index (κ3) is 3.64. The number of nitrogens with zero attached hydrogens (tertiary/aromatic N) is 5. The number of fused-ring (bicyclic) bond motifs is 1. The monoisotopic (exact) mass is 404 g/mol. The minimum Gasteiger partial charge on any atom is -0.356 e. The molecule has 1 aromatic carbocycles. The zero-order chi connectivity index (χ0) is 20.7. The van der Waals surface area contributed by atoms with E-state index in [-0.39, 0.29) is 5.91 Å². The summed E-state index contributed by atoms with van der Waals surface area (Å²) < 4.78 is 2.16. The molecule has 5 rings (SSSR count). The standard InChI is InChI=1S/C23H28N6O/c1-15(2)29-14-24-27-22(29)16-6-5-11-28(13-16)21-12-19(23(30)25-17-9-10-17)18-7-3-4-8-20(18)26-21/h3-4,7-8,12,14-17H,5-6,9-11,13H2,1-2H3,(H,25,30). The zero-order valence-corrected chi connectivity index (χ0v) is 17.6. The highest BCUT2D eigenvalue weighted by Gasteiger charge is 2.29. The predicted octanol–water partition coefficient (Wildman–Crippen LogP) is 3.68. The summed E-state index contributed by atoms with van der Waals surface area (Å²) in [6, 6.07) is 10.5. The van der Waals surface area contributed by atoms with Gasteiger partial charge in [-0.1, -0.05) is 18.2 Å². The Bertz CT molecular complexity index is 1070. The van der Waals surface area contributed by atoms with Gasteiger partial charge in [-0.2, -0.15) is 0 Å². The maximum atomic E-state index is 12.9. The Balaban J connectivity index is 1.47. The minimum absolute atomic E-state index is 0.00506. The summed E-state index contributed by atoms with van der Waals surface area (Å²) in [4.78, 5) is 20.1. The first-order chi connectivity index (χ1) is 14.6. The first-order valence-electron chi connectivity index (χ1n) is 10.9. The lowest BCUT2D eigenvalue weighted by Crippen LogP contribution is -2.36. The van der Waals surface area contributed by atoms with Gasteiger partial charge in [0.15, 0.2) is 0 Å². The summed E-state index contributed by atoms with van der Waals surface area (Å²) in [5, 5.41) is 12.6. The van der Waals surface area contributed by atoms with E-state index in [0.717, 1.165) is 66.9 Å².